The van der Waals surface area contributed by atoms with Crippen molar-refractivity contribution in [3.63, 3.8) is 0 Å². The van der Waals surface area contributed by atoms with Crippen molar-refractivity contribution in [1.29, 1.82) is 0 Å². The summed E-state index contributed by atoms with van der Waals surface area (Å²) in [6.07, 6.45) is 6.10. The average Bonchev–Trinajstić information content (AvgIpc) is 2.29. The van der Waals surface area contributed by atoms with E-state index in [-0.39, 0.29) is 5.75 Å². The highest BCUT2D eigenvalue weighted by molar-refractivity contribution is 6.17. The summed E-state index contributed by atoms with van der Waals surface area (Å²) >= 11 is 5.56. The maximum atomic E-state index is 9.77. The number of phenolic OH excluding ortho intramolecular Hbond substituents is 1. The third-order valence-corrected chi connectivity index (χ3v) is 2.57. The van der Waals surface area contributed by atoms with E-state index in [1.807, 2.05) is 6.08 Å². The van der Waals surface area contributed by atoms with E-state index in [1.165, 1.54) is 0 Å². The van der Waals surface area contributed by atoms with E-state index in [2.05, 4.69) is 0 Å². The summed E-state index contributed by atoms with van der Waals surface area (Å²) in [7, 11) is 0. The third-order valence-electron chi connectivity index (χ3n) is 2.31. The predicted octanol–water partition coefficient (Wildman–Crippen LogP) is 3.39. The molecule has 0 spiro atoms. The van der Waals surface area contributed by atoms with Crippen LogP contribution in [0.25, 0.3) is 0 Å². The molecule has 0 aliphatic rings. The summed E-state index contributed by atoms with van der Waals surface area (Å²) in [4.78, 5) is 0. The molecule has 2 nitrogen and oxygen atoms in total. The molecule has 1 aromatic carbocycles. The van der Waals surface area contributed by atoms with Crippen LogP contribution in [-0.4, -0.2) is 16.1 Å². The van der Waals surface area contributed by atoms with Gasteiger partial charge in [0.05, 0.1) is 6.10 Å². The number of hydrogen-bond acceptors (Lipinski definition) is 2. The molecule has 1 atom stereocenters. The molecule has 0 fully saturated rings. The Hall–Kier alpha value is -0.990. The number of aliphatic hydroxyl groups is 1. The number of aliphatic hydroxyl groups excluding tert-OH is 1. The zero-order valence-electron chi connectivity index (χ0n) is 9.14. The van der Waals surface area contributed by atoms with Gasteiger partial charge in [0.25, 0.3) is 0 Å². The highest BCUT2D eigenvalue weighted by Gasteiger charge is 2.01. The molecule has 0 radical (unpaired) electrons. The second-order valence-electron chi connectivity index (χ2n) is 3.65. The molecule has 1 rings (SSSR count). The lowest BCUT2D eigenvalue weighted by Gasteiger charge is -2.05. The number of phenols is 1. The van der Waals surface area contributed by atoms with Crippen LogP contribution in [0.2, 0.25) is 0 Å². The summed E-state index contributed by atoms with van der Waals surface area (Å²) in [5.74, 6) is 0.899. The van der Waals surface area contributed by atoms with Crippen molar-refractivity contribution in [3.05, 3.63) is 42.0 Å². The van der Waals surface area contributed by atoms with E-state index in [0.29, 0.717) is 5.88 Å². The largest absolute Gasteiger partial charge is 0.508 e. The Morgan fingerprint density at radius 1 is 1.19 bits per heavy atom. The minimum absolute atomic E-state index is 0.210. The van der Waals surface area contributed by atoms with E-state index in [1.54, 1.807) is 30.3 Å². The maximum Gasteiger partial charge on any atom is 0.115 e. The van der Waals surface area contributed by atoms with Gasteiger partial charge >= 0.3 is 0 Å². The normalized spacial score (nSPS) is 13.1. The molecule has 16 heavy (non-hydrogen) atoms. The molecule has 3 heteroatoms. The Morgan fingerprint density at radius 2 is 1.88 bits per heavy atom. The fourth-order valence-electron chi connectivity index (χ4n) is 1.36. The number of benzene rings is 1. The lowest BCUT2D eigenvalue weighted by Crippen LogP contribution is -1.91. The number of unbranched alkanes of at least 4 members (excludes halogenated alkanes) is 2. The average molecular weight is 241 g/mol. The van der Waals surface area contributed by atoms with Crippen LogP contribution < -0.4 is 0 Å². The van der Waals surface area contributed by atoms with Crippen molar-refractivity contribution in [3.8, 4) is 5.75 Å². The number of hydrogen-bond donors (Lipinski definition) is 2. The first-order valence-electron chi connectivity index (χ1n) is 5.43. The topological polar surface area (TPSA) is 40.5 Å². The van der Waals surface area contributed by atoms with Crippen LogP contribution in [0.1, 0.15) is 30.9 Å². The van der Waals surface area contributed by atoms with Gasteiger partial charge in [-0.05, 0) is 37.0 Å². The Labute approximate surface area is 101 Å². The Kier molecular flexibility index (Phi) is 5.98. The Morgan fingerprint density at radius 3 is 2.50 bits per heavy atom. The monoisotopic (exact) mass is 240 g/mol. The first-order valence-corrected chi connectivity index (χ1v) is 5.97. The molecule has 0 amide bonds. The van der Waals surface area contributed by atoms with E-state index in [0.717, 1.165) is 24.8 Å². The smallest absolute Gasteiger partial charge is 0.115 e. The van der Waals surface area contributed by atoms with Gasteiger partial charge in [-0.3, -0.25) is 0 Å². The fraction of sp³-hybridized carbons (Fsp3) is 0.385. The van der Waals surface area contributed by atoms with E-state index in [4.69, 9.17) is 16.7 Å². The molecule has 88 valence electrons. The van der Waals surface area contributed by atoms with Crippen LogP contribution in [0.3, 0.4) is 0 Å². The van der Waals surface area contributed by atoms with Gasteiger partial charge in [0.1, 0.15) is 5.75 Å². The van der Waals surface area contributed by atoms with Gasteiger partial charge in [0.2, 0.25) is 0 Å². The van der Waals surface area contributed by atoms with Gasteiger partial charge in [0, 0.05) is 5.88 Å². The first-order chi connectivity index (χ1) is 7.74. The molecule has 0 saturated carbocycles. The van der Waals surface area contributed by atoms with Crippen LogP contribution in [0.5, 0.6) is 5.75 Å². The molecule has 1 aromatic rings. The quantitative estimate of drug-likeness (QED) is 0.455. The van der Waals surface area contributed by atoms with Crippen LogP contribution in [-0.2, 0) is 0 Å². The lowest BCUT2D eigenvalue weighted by atomic mass is 10.1. The van der Waals surface area contributed by atoms with Gasteiger partial charge in [0.15, 0.2) is 0 Å². The number of halogens is 1. The number of rotatable bonds is 6. The van der Waals surface area contributed by atoms with Crippen LogP contribution in [0, 0.1) is 0 Å². The summed E-state index contributed by atoms with van der Waals surface area (Å²) < 4.78 is 0. The van der Waals surface area contributed by atoms with Gasteiger partial charge in [-0.1, -0.05) is 24.3 Å². The second kappa shape index (κ2) is 7.31. The third kappa shape index (κ3) is 4.69. The number of alkyl halides is 1. The standard InChI is InChI=1S/C13H17ClO2/c14-10-4-2-1-3-5-13(16)11-6-8-12(15)9-7-11/h3,5-9,13,15-16H,1-2,4,10H2/b5-3-. The molecule has 0 aliphatic carbocycles. The molecule has 0 aromatic heterocycles. The highest BCUT2D eigenvalue weighted by Crippen LogP contribution is 2.17. The Balaban J connectivity index is 2.39. The molecule has 0 aliphatic heterocycles. The summed E-state index contributed by atoms with van der Waals surface area (Å²) in [5, 5.41) is 18.9. The summed E-state index contributed by atoms with van der Waals surface area (Å²) in [6, 6.07) is 6.56. The molecule has 0 heterocycles. The van der Waals surface area contributed by atoms with Crippen molar-refractivity contribution in [2.24, 2.45) is 0 Å². The van der Waals surface area contributed by atoms with Gasteiger partial charge in [-0.25, -0.2) is 0 Å². The summed E-state index contributed by atoms with van der Waals surface area (Å²) in [6.45, 7) is 0. The van der Waals surface area contributed by atoms with Crippen molar-refractivity contribution in [2.75, 3.05) is 5.88 Å². The van der Waals surface area contributed by atoms with Crippen molar-refractivity contribution in [1.82, 2.24) is 0 Å². The van der Waals surface area contributed by atoms with Crippen molar-refractivity contribution >= 4 is 11.6 Å². The number of allylic oxidation sites excluding steroid dienone is 1. The highest BCUT2D eigenvalue weighted by atomic mass is 35.5. The van der Waals surface area contributed by atoms with Crippen molar-refractivity contribution in [2.45, 2.75) is 25.4 Å². The SMILES string of the molecule is Oc1ccc(C(O)/C=C\CCCCCl)cc1. The van der Waals surface area contributed by atoms with E-state index < -0.39 is 6.10 Å². The zero-order valence-corrected chi connectivity index (χ0v) is 9.90. The first kappa shape index (κ1) is 13.1. The fourth-order valence-corrected chi connectivity index (χ4v) is 1.55. The van der Waals surface area contributed by atoms with Gasteiger partial charge in [-0.15, -0.1) is 11.6 Å². The summed E-state index contributed by atoms with van der Waals surface area (Å²) in [5.41, 5.74) is 0.784. The molecule has 0 saturated heterocycles. The van der Waals surface area contributed by atoms with Crippen LogP contribution in [0.4, 0.5) is 0 Å². The molecular formula is C13H17ClO2. The van der Waals surface area contributed by atoms with Crippen LogP contribution >= 0.6 is 11.6 Å². The van der Waals surface area contributed by atoms with Crippen LogP contribution in [0.15, 0.2) is 36.4 Å². The van der Waals surface area contributed by atoms with Gasteiger partial charge in [-0.2, -0.15) is 0 Å². The van der Waals surface area contributed by atoms with E-state index >= 15 is 0 Å². The second-order valence-corrected chi connectivity index (χ2v) is 4.03. The molecule has 0 bridgehead atoms. The molecule has 2 N–H and O–H groups in total. The zero-order chi connectivity index (χ0) is 11.8. The van der Waals surface area contributed by atoms with Crippen molar-refractivity contribution < 1.29 is 10.2 Å². The number of aromatic hydroxyl groups is 1. The minimum atomic E-state index is -0.600. The Bertz CT molecular complexity index is 319. The lowest BCUT2D eigenvalue weighted by molar-refractivity contribution is 0.228. The molecular weight excluding hydrogens is 224 g/mol. The molecule has 1 unspecified atom stereocenters. The minimum Gasteiger partial charge on any atom is -0.508 e. The van der Waals surface area contributed by atoms with Gasteiger partial charge < -0.3 is 10.2 Å². The maximum absolute atomic E-state index is 9.77. The van der Waals surface area contributed by atoms with E-state index in [9.17, 15) is 5.11 Å². The predicted molar refractivity (Wildman–Crippen MR) is 66.8 cm³/mol.